The summed E-state index contributed by atoms with van der Waals surface area (Å²) in [4.78, 5) is 10.9. The minimum Gasteiger partial charge on any atom is -0.453 e. The molecular weight excluding hydrogens is 178 g/mol. The van der Waals surface area contributed by atoms with E-state index in [2.05, 4.69) is 10.1 Å². The predicted octanol–water partition coefficient (Wildman–Crippen LogP) is 1.97. The summed E-state index contributed by atoms with van der Waals surface area (Å²) in [7, 11) is 1.37. The smallest absolute Gasteiger partial charge is 0.407 e. The molecule has 0 aliphatic rings. The molecule has 1 amide bonds. The van der Waals surface area contributed by atoms with E-state index in [0.717, 1.165) is 6.42 Å². The monoisotopic (exact) mass is 193 g/mol. The summed E-state index contributed by atoms with van der Waals surface area (Å²) in [6.45, 7) is 1.95. The number of nitrogens with one attached hydrogen (secondary N) is 1. The Morgan fingerprint density at radius 3 is 2.64 bits per heavy atom. The summed E-state index contributed by atoms with van der Waals surface area (Å²) in [5, 5.41) is 2.72. The fourth-order valence-corrected chi connectivity index (χ4v) is 1.28. The Morgan fingerprint density at radius 1 is 1.43 bits per heavy atom. The second-order valence-corrected chi connectivity index (χ2v) is 3.23. The summed E-state index contributed by atoms with van der Waals surface area (Å²) in [6, 6.07) is 10.1. The molecule has 76 valence electrons. The van der Waals surface area contributed by atoms with Crippen molar-refractivity contribution in [3.05, 3.63) is 35.9 Å². The second-order valence-electron chi connectivity index (χ2n) is 3.23. The van der Waals surface area contributed by atoms with Crippen molar-refractivity contribution in [1.29, 1.82) is 0 Å². The standard InChI is InChI=1S/C11H15NO2/c1-9(12-11(13)14-2)8-10-6-4-3-5-7-10/h3-7,9H,8H2,1-2H3,(H,12,13)/t9-/m1/s1. The molecule has 3 heteroatoms. The zero-order chi connectivity index (χ0) is 10.4. The summed E-state index contributed by atoms with van der Waals surface area (Å²) in [5.74, 6) is 0. The Kier molecular flexibility index (Phi) is 3.98. The average molecular weight is 193 g/mol. The molecule has 0 heterocycles. The predicted molar refractivity (Wildman–Crippen MR) is 55.1 cm³/mol. The minimum atomic E-state index is -0.381. The van der Waals surface area contributed by atoms with Crippen LogP contribution in [0.2, 0.25) is 0 Å². The van der Waals surface area contributed by atoms with E-state index in [1.54, 1.807) is 0 Å². The Bertz CT molecular complexity index is 285. The first-order chi connectivity index (χ1) is 6.72. The van der Waals surface area contributed by atoms with Gasteiger partial charge in [-0.05, 0) is 18.9 Å². The maximum atomic E-state index is 10.9. The van der Waals surface area contributed by atoms with Gasteiger partial charge in [0.1, 0.15) is 0 Å². The topological polar surface area (TPSA) is 38.3 Å². The summed E-state index contributed by atoms with van der Waals surface area (Å²) >= 11 is 0. The van der Waals surface area contributed by atoms with Gasteiger partial charge in [-0.1, -0.05) is 30.3 Å². The molecule has 0 saturated carbocycles. The van der Waals surface area contributed by atoms with Gasteiger partial charge in [-0.15, -0.1) is 0 Å². The molecule has 14 heavy (non-hydrogen) atoms. The number of benzene rings is 1. The number of methoxy groups -OCH3 is 1. The molecule has 0 aliphatic heterocycles. The average Bonchev–Trinajstić information content (AvgIpc) is 2.19. The highest BCUT2D eigenvalue weighted by Crippen LogP contribution is 2.02. The zero-order valence-electron chi connectivity index (χ0n) is 8.49. The first kappa shape index (κ1) is 10.6. The van der Waals surface area contributed by atoms with Crippen LogP contribution in [-0.2, 0) is 11.2 Å². The zero-order valence-corrected chi connectivity index (χ0v) is 8.49. The van der Waals surface area contributed by atoms with Crippen molar-refractivity contribution in [3.8, 4) is 0 Å². The largest absolute Gasteiger partial charge is 0.453 e. The van der Waals surface area contributed by atoms with E-state index in [1.165, 1.54) is 12.7 Å². The number of carbonyl (C=O) groups excluding carboxylic acids is 1. The first-order valence-electron chi connectivity index (χ1n) is 4.61. The van der Waals surface area contributed by atoms with E-state index in [-0.39, 0.29) is 12.1 Å². The molecular formula is C11H15NO2. The minimum absolute atomic E-state index is 0.0878. The highest BCUT2D eigenvalue weighted by molar-refractivity contribution is 5.67. The van der Waals surface area contributed by atoms with Crippen LogP contribution < -0.4 is 5.32 Å². The Labute approximate surface area is 84.1 Å². The fourth-order valence-electron chi connectivity index (χ4n) is 1.28. The molecule has 0 saturated heterocycles. The lowest BCUT2D eigenvalue weighted by molar-refractivity contribution is 0.167. The number of amides is 1. The van der Waals surface area contributed by atoms with Crippen LogP contribution in [0.1, 0.15) is 12.5 Å². The maximum absolute atomic E-state index is 10.9. The van der Waals surface area contributed by atoms with Crippen molar-refractivity contribution < 1.29 is 9.53 Å². The number of ether oxygens (including phenoxy) is 1. The van der Waals surface area contributed by atoms with Crippen molar-refractivity contribution in [2.24, 2.45) is 0 Å². The Hall–Kier alpha value is -1.51. The number of hydrogen-bond acceptors (Lipinski definition) is 2. The van der Waals surface area contributed by atoms with Crippen LogP contribution in [0.25, 0.3) is 0 Å². The van der Waals surface area contributed by atoms with Gasteiger partial charge in [-0.2, -0.15) is 0 Å². The quantitative estimate of drug-likeness (QED) is 0.797. The lowest BCUT2D eigenvalue weighted by atomic mass is 10.1. The molecule has 1 aromatic carbocycles. The van der Waals surface area contributed by atoms with E-state index in [4.69, 9.17) is 0 Å². The van der Waals surface area contributed by atoms with Gasteiger partial charge in [-0.3, -0.25) is 0 Å². The van der Waals surface area contributed by atoms with Crippen molar-refractivity contribution in [2.45, 2.75) is 19.4 Å². The summed E-state index contributed by atoms with van der Waals surface area (Å²) < 4.78 is 4.51. The third kappa shape index (κ3) is 3.47. The molecule has 0 spiro atoms. The Balaban J connectivity index is 2.41. The molecule has 0 aromatic heterocycles. The molecule has 0 radical (unpaired) electrons. The van der Waals surface area contributed by atoms with Gasteiger partial charge in [0.15, 0.2) is 0 Å². The van der Waals surface area contributed by atoms with Crippen molar-refractivity contribution in [1.82, 2.24) is 5.32 Å². The normalized spacial score (nSPS) is 11.9. The fraction of sp³-hybridized carbons (Fsp3) is 0.364. The third-order valence-corrected chi connectivity index (χ3v) is 1.93. The van der Waals surface area contributed by atoms with Crippen LogP contribution in [0.15, 0.2) is 30.3 Å². The van der Waals surface area contributed by atoms with Crippen LogP contribution in [-0.4, -0.2) is 19.2 Å². The van der Waals surface area contributed by atoms with Crippen molar-refractivity contribution >= 4 is 6.09 Å². The number of rotatable bonds is 3. The lowest BCUT2D eigenvalue weighted by Gasteiger charge is -2.12. The van der Waals surface area contributed by atoms with Crippen LogP contribution in [0, 0.1) is 0 Å². The highest BCUT2D eigenvalue weighted by atomic mass is 16.5. The van der Waals surface area contributed by atoms with Gasteiger partial charge in [0, 0.05) is 6.04 Å². The highest BCUT2D eigenvalue weighted by Gasteiger charge is 2.06. The summed E-state index contributed by atoms with van der Waals surface area (Å²) in [6.07, 6.45) is 0.434. The SMILES string of the molecule is COC(=O)N[C@H](C)Cc1ccccc1. The van der Waals surface area contributed by atoms with Gasteiger partial charge < -0.3 is 10.1 Å². The lowest BCUT2D eigenvalue weighted by Crippen LogP contribution is -2.33. The van der Waals surface area contributed by atoms with Crippen LogP contribution in [0.3, 0.4) is 0 Å². The van der Waals surface area contributed by atoms with Crippen LogP contribution >= 0.6 is 0 Å². The number of alkyl carbamates (subject to hydrolysis) is 1. The third-order valence-electron chi connectivity index (χ3n) is 1.93. The Morgan fingerprint density at radius 2 is 2.07 bits per heavy atom. The van der Waals surface area contributed by atoms with E-state index in [1.807, 2.05) is 37.3 Å². The molecule has 3 nitrogen and oxygen atoms in total. The van der Waals surface area contributed by atoms with Crippen LogP contribution in [0.5, 0.6) is 0 Å². The summed E-state index contributed by atoms with van der Waals surface area (Å²) in [5.41, 5.74) is 1.21. The molecule has 0 aliphatic carbocycles. The van der Waals surface area contributed by atoms with Crippen molar-refractivity contribution in [2.75, 3.05) is 7.11 Å². The van der Waals surface area contributed by atoms with Gasteiger partial charge in [0.25, 0.3) is 0 Å². The molecule has 1 atom stereocenters. The van der Waals surface area contributed by atoms with Crippen LogP contribution in [0.4, 0.5) is 4.79 Å². The van der Waals surface area contributed by atoms with Gasteiger partial charge >= 0.3 is 6.09 Å². The van der Waals surface area contributed by atoms with Gasteiger partial charge in [0.05, 0.1) is 7.11 Å². The van der Waals surface area contributed by atoms with Gasteiger partial charge in [-0.25, -0.2) is 4.79 Å². The molecule has 0 fully saturated rings. The molecule has 1 rings (SSSR count). The van der Waals surface area contributed by atoms with Crippen molar-refractivity contribution in [3.63, 3.8) is 0 Å². The van der Waals surface area contributed by atoms with E-state index < -0.39 is 0 Å². The van der Waals surface area contributed by atoms with E-state index >= 15 is 0 Å². The van der Waals surface area contributed by atoms with Gasteiger partial charge in [0.2, 0.25) is 0 Å². The number of carbonyl (C=O) groups is 1. The van der Waals surface area contributed by atoms with E-state index in [9.17, 15) is 4.79 Å². The number of hydrogen-bond donors (Lipinski definition) is 1. The second kappa shape index (κ2) is 5.27. The maximum Gasteiger partial charge on any atom is 0.407 e. The first-order valence-corrected chi connectivity index (χ1v) is 4.61. The molecule has 0 bridgehead atoms. The van der Waals surface area contributed by atoms with E-state index in [0.29, 0.717) is 0 Å². The molecule has 0 unspecified atom stereocenters. The molecule has 1 N–H and O–H groups in total. The molecule has 1 aromatic rings.